The van der Waals surface area contributed by atoms with Crippen LogP contribution in [0.4, 0.5) is 0 Å². The molecule has 0 atom stereocenters. The Labute approximate surface area is 148 Å². The first kappa shape index (κ1) is 18.6. The highest BCUT2D eigenvalue weighted by atomic mass is 35.5. The van der Waals surface area contributed by atoms with Gasteiger partial charge in [-0.25, -0.2) is 0 Å². The van der Waals surface area contributed by atoms with Crippen molar-refractivity contribution in [1.29, 1.82) is 0 Å². The highest BCUT2D eigenvalue weighted by molar-refractivity contribution is 6.30. The van der Waals surface area contributed by atoms with Crippen LogP contribution in [0.2, 0.25) is 5.02 Å². The van der Waals surface area contributed by atoms with E-state index in [1.165, 1.54) is 0 Å². The minimum absolute atomic E-state index is 0.0250. The van der Waals surface area contributed by atoms with Gasteiger partial charge < -0.3 is 15.0 Å². The van der Waals surface area contributed by atoms with E-state index in [9.17, 15) is 9.59 Å². The summed E-state index contributed by atoms with van der Waals surface area (Å²) in [5.41, 5.74) is -0.359. The number of hydrogen-bond donors (Lipinski definition) is 1. The number of piperidine rings is 1. The largest absolute Gasteiger partial charge is 0.484 e. The highest BCUT2D eigenvalue weighted by Crippen LogP contribution is 2.21. The SMILES string of the molecule is CC(C)(C)C(=O)N1CCC(NC(=O)COc2ccc(Cl)cc2)CC1. The zero-order valence-corrected chi connectivity index (χ0v) is 15.2. The van der Waals surface area contributed by atoms with E-state index >= 15 is 0 Å². The van der Waals surface area contributed by atoms with Crippen LogP contribution in [0.1, 0.15) is 33.6 Å². The van der Waals surface area contributed by atoms with E-state index in [1.54, 1.807) is 24.3 Å². The zero-order valence-electron chi connectivity index (χ0n) is 14.5. The van der Waals surface area contributed by atoms with Crippen LogP contribution in [0.25, 0.3) is 0 Å². The fourth-order valence-corrected chi connectivity index (χ4v) is 2.78. The number of amides is 2. The van der Waals surface area contributed by atoms with E-state index in [4.69, 9.17) is 16.3 Å². The molecule has 6 heteroatoms. The summed E-state index contributed by atoms with van der Waals surface area (Å²) in [6, 6.07) is 6.99. The van der Waals surface area contributed by atoms with Gasteiger partial charge in [-0.15, -0.1) is 0 Å². The Morgan fingerprint density at radius 1 is 1.21 bits per heavy atom. The third-order valence-electron chi connectivity index (χ3n) is 3.97. The fraction of sp³-hybridized carbons (Fsp3) is 0.556. The summed E-state index contributed by atoms with van der Waals surface area (Å²) >= 11 is 5.80. The summed E-state index contributed by atoms with van der Waals surface area (Å²) in [6.07, 6.45) is 1.54. The lowest BCUT2D eigenvalue weighted by Crippen LogP contribution is -2.49. The molecule has 0 saturated carbocycles. The van der Waals surface area contributed by atoms with Gasteiger partial charge in [-0.1, -0.05) is 32.4 Å². The van der Waals surface area contributed by atoms with Crippen LogP contribution in [0.15, 0.2) is 24.3 Å². The van der Waals surface area contributed by atoms with Crippen molar-refractivity contribution in [2.45, 2.75) is 39.7 Å². The lowest BCUT2D eigenvalue weighted by molar-refractivity contribution is -0.140. The van der Waals surface area contributed by atoms with Crippen molar-refractivity contribution in [3.05, 3.63) is 29.3 Å². The van der Waals surface area contributed by atoms with Crippen LogP contribution in [-0.4, -0.2) is 42.5 Å². The predicted octanol–water partition coefficient (Wildman–Crippen LogP) is 2.87. The second-order valence-electron chi connectivity index (χ2n) is 7.13. The standard InChI is InChI=1S/C18H25ClN2O3/c1-18(2,3)17(23)21-10-8-14(9-11-21)20-16(22)12-24-15-6-4-13(19)5-7-15/h4-7,14H,8-12H2,1-3H3,(H,20,22). The number of carbonyl (C=O) groups is 2. The molecular weight excluding hydrogens is 328 g/mol. The normalized spacial score (nSPS) is 15.9. The molecule has 0 unspecified atom stereocenters. The van der Waals surface area contributed by atoms with Crippen molar-refractivity contribution >= 4 is 23.4 Å². The number of nitrogens with zero attached hydrogens (tertiary/aromatic N) is 1. The summed E-state index contributed by atoms with van der Waals surface area (Å²) in [7, 11) is 0. The molecule has 2 amide bonds. The van der Waals surface area contributed by atoms with Gasteiger partial charge in [0.2, 0.25) is 5.91 Å². The minimum atomic E-state index is -0.359. The van der Waals surface area contributed by atoms with Crippen molar-refractivity contribution < 1.29 is 14.3 Å². The van der Waals surface area contributed by atoms with Crippen molar-refractivity contribution in [3.8, 4) is 5.75 Å². The first-order chi connectivity index (χ1) is 11.3. The Morgan fingerprint density at radius 2 is 1.79 bits per heavy atom. The van der Waals surface area contributed by atoms with Crippen LogP contribution in [0, 0.1) is 5.41 Å². The molecule has 0 aromatic heterocycles. The van der Waals surface area contributed by atoms with Gasteiger partial charge in [0.05, 0.1) is 0 Å². The maximum atomic E-state index is 12.2. The molecule has 1 aliphatic rings. The van der Waals surface area contributed by atoms with Gasteiger partial charge in [0.1, 0.15) is 5.75 Å². The van der Waals surface area contributed by atoms with Crippen molar-refractivity contribution in [3.63, 3.8) is 0 Å². The molecule has 1 fully saturated rings. The first-order valence-electron chi connectivity index (χ1n) is 8.23. The molecule has 1 N–H and O–H groups in total. The average Bonchev–Trinajstić information content (AvgIpc) is 2.53. The molecule has 24 heavy (non-hydrogen) atoms. The summed E-state index contributed by atoms with van der Waals surface area (Å²) in [6.45, 7) is 7.12. The van der Waals surface area contributed by atoms with Crippen LogP contribution in [0.5, 0.6) is 5.75 Å². The van der Waals surface area contributed by atoms with Gasteiger partial charge in [-0.2, -0.15) is 0 Å². The van der Waals surface area contributed by atoms with Crippen LogP contribution in [0.3, 0.4) is 0 Å². The number of nitrogens with one attached hydrogen (secondary N) is 1. The highest BCUT2D eigenvalue weighted by Gasteiger charge is 2.30. The number of rotatable bonds is 4. The van der Waals surface area contributed by atoms with E-state index in [1.807, 2.05) is 25.7 Å². The molecule has 1 heterocycles. The first-order valence-corrected chi connectivity index (χ1v) is 8.60. The van der Waals surface area contributed by atoms with Crippen molar-refractivity contribution in [2.24, 2.45) is 5.41 Å². The Hall–Kier alpha value is -1.75. The fourth-order valence-electron chi connectivity index (χ4n) is 2.65. The molecule has 0 radical (unpaired) electrons. The molecular formula is C18H25ClN2O3. The zero-order chi connectivity index (χ0) is 17.7. The summed E-state index contributed by atoms with van der Waals surface area (Å²) < 4.78 is 5.43. The molecule has 0 aliphatic carbocycles. The number of likely N-dealkylation sites (tertiary alicyclic amines) is 1. The molecule has 1 aliphatic heterocycles. The second kappa shape index (κ2) is 7.88. The number of carbonyl (C=O) groups excluding carboxylic acids is 2. The van der Waals surface area contributed by atoms with Crippen molar-refractivity contribution in [2.75, 3.05) is 19.7 Å². The van der Waals surface area contributed by atoms with Gasteiger partial charge in [-0.05, 0) is 37.1 Å². The predicted molar refractivity (Wildman–Crippen MR) is 94.1 cm³/mol. The third-order valence-corrected chi connectivity index (χ3v) is 4.22. The third kappa shape index (κ3) is 5.41. The van der Waals surface area contributed by atoms with E-state index in [0.717, 1.165) is 12.8 Å². The van der Waals surface area contributed by atoms with Gasteiger partial charge in [0, 0.05) is 29.6 Å². The number of hydrogen-bond acceptors (Lipinski definition) is 3. The second-order valence-corrected chi connectivity index (χ2v) is 7.56. The Balaban J connectivity index is 1.72. The molecule has 2 rings (SSSR count). The minimum Gasteiger partial charge on any atom is -0.484 e. The maximum Gasteiger partial charge on any atom is 0.258 e. The number of benzene rings is 1. The van der Waals surface area contributed by atoms with E-state index in [-0.39, 0.29) is 29.9 Å². The summed E-state index contributed by atoms with van der Waals surface area (Å²) in [5.74, 6) is 0.629. The van der Waals surface area contributed by atoms with Gasteiger partial charge >= 0.3 is 0 Å². The van der Waals surface area contributed by atoms with Crippen LogP contribution >= 0.6 is 11.6 Å². The molecule has 1 saturated heterocycles. The number of halogens is 1. The summed E-state index contributed by atoms with van der Waals surface area (Å²) in [4.78, 5) is 26.1. The number of ether oxygens (including phenoxy) is 1. The van der Waals surface area contributed by atoms with Crippen LogP contribution in [-0.2, 0) is 9.59 Å². The smallest absolute Gasteiger partial charge is 0.258 e. The quantitative estimate of drug-likeness (QED) is 0.906. The van der Waals surface area contributed by atoms with Crippen molar-refractivity contribution in [1.82, 2.24) is 10.2 Å². The molecule has 5 nitrogen and oxygen atoms in total. The topological polar surface area (TPSA) is 58.6 Å². The molecule has 1 aromatic rings. The summed E-state index contributed by atoms with van der Waals surface area (Å²) in [5, 5.41) is 3.60. The monoisotopic (exact) mass is 352 g/mol. The maximum absolute atomic E-state index is 12.2. The van der Waals surface area contributed by atoms with Gasteiger partial charge in [0.15, 0.2) is 6.61 Å². The molecule has 132 valence electrons. The lowest BCUT2D eigenvalue weighted by Gasteiger charge is -2.36. The van der Waals surface area contributed by atoms with E-state index in [2.05, 4.69) is 5.32 Å². The molecule has 0 spiro atoms. The Morgan fingerprint density at radius 3 is 2.33 bits per heavy atom. The molecule has 1 aromatic carbocycles. The Kier molecular flexibility index (Phi) is 6.10. The lowest BCUT2D eigenvalue weighted by atomic mass is 9.93. The van der Waals surface area contributed by atoms with Gasteiger partial charge in [-0.3, -0.25) is 9.59 Å². The van der Waals surface area contributed by atoms with E-state index < -0.39 is 0 Å². The average molecular weight is 353 g/mol. The Bertz CT molecular complexity index is 573. The van der Waals surface area contributed by atoms with E-state index in [0.29, 0.717) is 23.9 Å². The van der Waals surface area contributed by atoms with Gasteiger partial charge in [0.25, 0.3) is 5.91 Å². The van der Waals surface area contributed by atoms with Crippen LogP contribution < -0.4 is 10.1 Å². The molecule has 0 bridgehead atoms.